The quantitative estimate of drug-likeness (QED) is 0.810. The number of aliphatic hydroxyl groups is 1. The van der Waals surface area contributed by atoms with Gasteiger partial charge in [0.05, 0.1) is 12.1 Å². The first kappa shape index (κ1) is 18.4. The van der Waals surface area contributed by atoms with Crippen LogP contribution < -0.4 is 0 Å². The minimum Gasteiger partial charge on any atom is -0.379 e. The smallest absolute Gasteiger partial charge is 0.149 e. The molecule has 2 heterocycles. The van der Waals surface area contributed by atoms with Gasteiger partial charge in [-0.3, -0.25) is 4.90 Å². The molecular formula is C25H31NO2. The maximum absolute atomic E-state index is 12.1. The lowest BCUT2D eigenvalue weighted by atomic mass is 9.62. The number of nitrogens with zero attached hydrogens (tertiary/aromatic N) is 1. The van der Waals surface area contributed by atoms with Gasteiger partial charge in [0.25, 0.3) is 0 Å². The highest BCUT2D eigenvalue weighted by Gasteiger charge is 2.70. The van der Waals surface area contributed by atoms with E-state index in [1.165, 1.54) is 12.8 Å². The number of ether oxygens (including phenoxy) is 1. The fourth-order valence-corrected chi connectivity index (χ4v) is 6.12. The second-order valence-electron chi connectivity index (χ2n) is 9.62. The van der Waals surface area contributed by atoms with Crippen LogP contribution >= 0.6 is 0 Å². The zero-order valence-corrected chi connectivity index (χ0v) is 17.1. The molecule has 1 aliphatic carbocycles. The molecule has 1 N–H and O–H groups in total. The highest BCUT2D eigenvalue weighted by Crippen LogP contribution is 2.62. The summed E-state index contributed by atoms with van der Waals surface area (Å²) in [5.41, 5.74) is 1.05. The Labute approximate surface area is 168 Å². The molecule has 2 aromatic carbocycles. The monoisotopic (exact) mass is 377 g/mol. The van der Waals surface area contributed by atoms with E-state index in [1.807, 2.05) is 36.4 Å². The molecule has 0 spiro atoms. The molecule has 2 saturated heterocycles. The topological polar surface area (TPSA) is 32.7 Å². The molecule has 3 nitrogen and oxygen atoms in total. The number of hydrogen-bond donors (Lipinski definition) is 1. The largest absolute Gasteiger partial charge is 0.379 e. The molecule has 0 bridgehead atoms. The van der Waals surface area contributed by atoms with Gasteiger partial charge in [0.15, 0.2) is 0 Å². The van der Waals surface area contributed by atoms with E-state index in [9.17, 15) is 5.11 Å². The zero-order valence-electron chi connectivity index (χ0n) is 17.1. The van der Waals surface area contributed by atoms with Crippen molar-refractivity contribution >= 4 is 0 Å². The van der Waals surface area contributed by atoms with E-state index >= 15 is 0 Å². The van der Waals surface area contributed by atoms with Crippen molar-refractivity contribution in [3.05, 3.63) is 71.8 Å². The molecular weight excluding hydrogens is 346 g/mol. The molecule has 1 saturated carbocycles. The van der Waals surface area contributed by atoms with Crippen molar-refractivity contribution in [1.29, 1.82) is 0 Å². The molecule has 0 radical (unpaired) electrons. The van der Waals surface area contributed by atoms with E-state index in [-0.39, 0.29) is 23.9 Å². The highest BCUT2D eigenvalue weighted by atomic mass is 16.5. The third kappa shape index (κ3) is 2.46. The maximum Gasteiger partial charge on any atom is 0.149 e. The Morgan fingerprint density at radius 3 is 2.29 bits per heavy atom. The van der Waals surface area contributed by atoms with Crippen molar-refractivity contribution in [1.82, 2.24) is 4.90 Å². The van der Waals surface area contributed by atoms with Gasteiger partial charge in [-0.05, 0) is 43.7 Å². The molecule has 0 unspecified atom stereocenters. The molecule has 28 heavy (non-hydrogen) atoms. The first-order chi connectivity index (χ1) is 13.4. The predicted octanol–water partition coefficient (Wildman–Crippen LogP) is 4.87. The van der Waals surface area contributed by atoms with Crippen LogP contribution in [0.1, 0.15) is 57.2 Å². The standard InChI is InChI=1S/C25H31NO2/c1-17-14-15-20-21(16-17)28-23-25(27,19-12-8-5-9-13-19)22(26(23)24(20,2)3)18-10-6-4-7-11-18/h4-13,17,20-23,27H,14-16H2,1-3H3/t17-,20-,21-,22+,23+,25+/m1/s1. The average molecular weight is 378 g/mol. The summed E-state index contributed by atoms with van der Waals surface area (Å²) in [6.07, 6.45) is 3.49. The van der Waals surface area contributed by atoms with Crippen molar-refractivity contribution in [2.24, 2.45) is 11.8 Å². The minimum absolute atomic E-state index is 0.0186. The Bertz CT molecular complexity index is 836. The lowest BCUT2D eigenvalue weighted by molar-refractivity contribution is -0.388. The number of fused-ring (bicyclic) bond motifs is 2. The van der Waals surface area contributed by atoms with Gasteiger partial charge in [-0.1, -0.05) is 74.0 Å². The summed E-state index contributed by atoms with van der Waals surface area (Å²) in [7, 11) is 0. The first-order valence-electron chi connectivity index (χ1n) is 10.7. The number of hydrogen-bond acceptors (Lipinski definition) is 3. The summed E-state index contributed by atoms with van der Waals surface area (Å²) < 4.78 is 6.69. The van der Waals surface area contributed by atoms with Crippen LogP contribution in [-0.2, 0) is 10.3 Å². The van der Waals surface area contributed by atoms with Gasteiger partial charge < -0.3 is 9.84 Å². The molecule has 3 heteroatoms. The predicted molar refractivity (Wildman–Crippen MR) is 111 cm³/mol. The number of benzene rings is 2. The van der Waals surface area contributed by atoms with E-state index in [0.717, 1.165) is 17.5 Å². The lowest BCUT2D eigenvalue weighted by Gasteiger charge is -2.71. The van der Waals surface area contributed by atoms with Crippen molar-refractivity contribution in [3.8, 4) is 0 Å². The van der Waals surface area contributed by atoms with Crippen LogP contribution in [0.4, 0.5) is 0 Å². The van der Waals surface area contributed by atoms with Crippen LogP contribution in [0.5, 0.6) is 0 Å². The summed E-state index contributed by atoms with van der Waals surface area (Å²) in [5, 5.41) is 12.1. The number of rotatable bonds is 2. The van der Waals surface area contributed by atoms with Crippen LogP contribution in [0.2, 0.25) is 0 Å². The molecule has 0 aromatic heterocycles. The van der Waals surface area contributed by atoms with Gasteiger partial charge in [0.1, 0.15) is 11.8 Å². The van der Waals surface area contributed by atoms with Crippen LogP contribution in [-0.4, -0.2) is 27.9 Å². The summed E-state index contributed by atoms with van der Waals surface area (Å²) >= 11 is 0. The Kier molecular flexibility index (Phi) is 4.20. The van der Waals surface area contributed by atoms with Crippen molar-refractivity contribution in [2.75, 3.05) is 0 Å². The summed E-state index contributed by atoms with van der Waals surface area (Å²) in [6.45, 7) is 7.04. The minimum atomic E-state index is -1.04. The molecule has 148 valence electrons. The second-order valence-corrected chi connectivity index (χ2v) is 9.62. The van der Waals surface area contributed by atoms with E-state index in [2.05, 4.69) is 49.9 Å². The summed E-state index contributed by atoms with van der Waals surface area (Å²) in [4.78, 5) is 2.45. The van der Waals surface area contributed by atoms with Gasteiger partial charge in [-0.15, -0.1) is 0 Å². The maximum atomic E-state index is 12.1. The third-order valence-corrected chi connectivity index (χ3v) is 7.61. The van der Waals surface area contributed by atoms with Gasteiger partial charge in [0.2, 0.25) is 0 Å². The molecule has 0 amide bonds. The van der Waals surface area contributed by atoms with Gasteiger partial charge >= 0.3 is 0 Å². The van der Waals surface area contributed by atoms with E-state index in [1.54, 1.807) is 0 Å². The molecule has 2 aromatic rings. The first-order valence-corrected chi connectivity index (χ1v) is 10.7. The van der Waals surface area contributed by atoms with Crippen LogP contribution in [0.25, 0.3) is 0 Å². The van der Waals surface area contributed by atoms with Crippen LogP contribution in [0.15, 0.2) is 60.7 Å². The molecule has 5 rings (SSSR count). The van der Waals surface area contributed by atoms with Crippen LogP contribution in [0, 0.1) is 11.8 Å². The molecule has 3 fully saturated rings. The lowest BCUT2D eigenvalue weighted by Crippen LogP contribution is -2.80. The molecule has 2 aliphatic heterocycles. The van der Waals surface area contributed by atoms with Gasteiger partial charge in [-0.25, -0.2) is 0 Å². The average Bonchev–Trinajstić information content (AvgIpc) is 2.70. The van der Waals surface area contributed by atoms with E-state index in [0.29, 0.717) is 11.8 Å². The summed E-state index contributed by atoms with van der Waals surface area (Å²) in [5.74, 6) is 1.20. The van der Waals surface area contributed by atoms with E-state index in [4.69, 9.17) is 4.74 Å². The Hall–Kier alpha value is -1.68. The highest BCUT2D eigenvalue weighted by molar-refractivity contribution is 5.38. The third-order valence-electron chi connectivity index (χ3n) is 7.61. The Morgan fingerprint density at radius 1 is 0.964 bits per heavy atom. The normalized spacial score (nSPS) is 39.5. The van der Waals surface area contributed by atoms with Crippen molar-refractivity contribution in [3.63, 3.8) is 0 Å². The zero-order chi connectivity index (χ0) is 19.5. The molecule has 3 aliphatic rings. The summed E-state index contributed by atoms with van der Waals surface area (Å²) in [6, 6.07) is 20.5. The van der Waals surface area contributed by atoms with Crippen molar-refractivity contribution in [2.45, 2.75) is 69.5 Å². The fraction of sp³-hybridized carbons (Fsp3) is 0.520. The Morgan fingerprint density at radius 2 is 1.61 bits per heavy atom. The second kappa shape index (κ2) is 6.41. The molecule has 6 atom stereocenters. The van der Waals surface area contributed by atoms with E-state index < -0.39 is 5.60 Å². The fourth-order valence-electron chi connectivity index (χ4n) is 6.12. The van der Waals surface area contributed by atoms with Gasteiger partial charge in [0, 0.05) is 11.5 Å². The Balaban J connectivity index is 1.61. The van der Waals surface area contributed by atoms with Crippen molar-refractivity contribution < 1.29 is 9.84 Å². The van der Waals surface area contributed by atoms with Gasteiger partial charge in [-0.2, -0.15) is 0 Å². The SMILES string of the molecule is C[C@@H]1CC[C@@H]2[C@@H](C1)O[C@@H]1N([C@@H](c3ccccc3)[C@@]1(O)c1ccccc1)C2(C)C. The van der Waals surface area contributed by atoms with Crippen LogP contribution in [0.3, 0.4) is 0 Å².